The van der Waals surface area contributed by atoms with E-state index in [1.54, 1.807) is 18.4 Å². The SMILES string of the molecule is CCOC(=O)C1=C(C)N=c2s/c(=C\c3ccc(OCc4cccc(C)c4)c(OCC)c3)c(=O)n2[C@H]1c1ccccc1OCC. The molecular formula is C35H36N2O6S. The Morgan fingerprint density at radius 2 is 1.66 bits per heavy atom. The molecule has 0 N–H and O–H groups in total. The Hall–Kier alpha value is -4.63. The van der Waals surface area contributed by atoms with Gasteiger partial charge in [-0.15, -0.1) is 0 Å². The molecule has 0 spiro atoms. The zero-order valence-corrected chi connectivity index (χ0v) is 26.4. The summed E-state index contributed by atoms with van der Waals surface area (Å²) in [7, 11) is 0. The van der Waals surface area contributed by atoms with Gasteiger partial charge in [0, 0.05) is 5.56 Å². The van der Waals surface area contributed by atoms with E-state index in [1.807, 2.05) is 87.5 Å². The second-order valence-electron chi connectivity index (χ2n) is 10.2. The Balaban J connectivity index is 1.58. The standard InChI is InChI=1S/C35H36N2O6S/c1-6-40-27-15-10-9-14-26(27)32-31(34(39)42-8-3)23(5)36-35-37(32)33(38)30(44-35)20-24-16-17-28(29(19-24)41-7-2)43-21-25-13-11-12-22(4)18-25/h9-20,32H,6-8,21H2,1-5H3/b30-20-/t32-/m0/s1. The van der Waals surface area contributed by atoms with Crippen molar-refractivity contribution in [1.29, 1.82) is 0 Å². The summed E-state index contributed by atoms with van der Waals surface area (Å²) in [6, 6.07) is 20.5. The first-order valence-corrected chi connectivity index (χ1v) is 15.5. The molecule has 0 amide bonds. The third-order valence-corrected chi connectivity index (χ3v) is 8.06. The number of thiazole rings is 1. The molecule has 44 heavy (non-hydrogen) atoms. The predicted molar refractivity (Wildman–Crippen MR) is 171 cm³/mol. The van der Waals surface area contributed by atoms with E-state index in [0.717, 1.165) is 11.1 Å². The maximum atomic E-state index is 14.1. The van der Waals surface area contributed by atoms with Crippen LogP contribution in [0.5, 0.6) is 17.2 Å². The van der Waals surface area contributed by atoms with Crippen LogP contribution in [0.25, 0.3) is 6.08 Å². The second-order valence-corrected chi connectivity index (χ2v) is 11.2. The van der Waals surface area contributed by atoms with Crippen LogP contribution in [0.2, 0.25) is 0 Å². The fourth-order valence-electron chi connectivity index (χ4n) is 5.20. The Labute approximate surface area is 260 Å². The minimum Gasteiger partial charge on any atom is -0.494 e. The summed E-state index contributed by atoms with van der Waals surface area (Å²) in [6.45, 7) is 10.9. The number of fused-ring (bicyclic) bond motifs is 1. The molecule has 9 heteroatoms. The second kappa shape index (κ2) is 13.8. The van der Waals surface area contributed by atoms with Gasteiger partial charge in [0.2, 0.25) is 0 Å². The number of nitrogens with zero attached hydrogens (tertiary/aromatic N) is 2. The third kappa shape index (κ3) is 6.48. The van der Waals surface area contributed by atoms with Crippen LogP contribution in [0.15, 0.2) is 87.8 Å². The smallest absolute Gasteiger partial charge is 0.338 e. The summed E-state index contributed by atoms with van der Waals surface area (Å²) < 4.78 is 25.4. The summed E-state index contributed by atoms with van der Waals surface area (Å²) in [4.78, 5) is 32.5. The average molecular weight is 613 g/mol. The minimum absolute atomic E-state index is 0.201. The van der Waals surface area contributed by atoms with Crippen molar-refractivity contribution in [3.8, 4) is 17.2 Å². The quantitative estimate of drug-likeness (QED) is 0.209. The van der Waals surface area contributed by atoms with Crippen molar-refractivity contribution < 1.29 is 23.7 Å². The molecule has 228 valence electrons. The lowest BCUT2D eigenvalue weighted by Gasteiger charge is -2.26. The van der Waals surface area contributed by atoms with E-state index in [0.29, 0.717) is 63.2 Å². The third-order valence-electron chi connectivity index (χ3n) is 7.07. The van der Waals surface area contributed by atoms with E-state index < -0.39 is 12.0 Å². The number of rotatable bonds is 11. The number of carbonyl (C=O) groups excluding carboxylic acids is 1. The molecule has 8 nitrogen and oxygen atoms in total. The molecule has 1 aliphatic rings. The summed E-state index contributed by atoms with van der Waals surface area (Å²) >= 11 is 1.27. The van der Waals surface area contributed by atoms with Gasteiger partial charge in [0.1, 0.15) is 18.4 Å². The first-order chi connectivity index (χ1) is 21.3. The molecule has 4 aromatic rings. The average Bonchev–Trinajstić information content (AvgIpc) is 3.30. The molecule has 1 aliphatic heterocycles. The zero-order chi connectivity index (χ0) is 31.2. The highest BCUT2D eigenvalue weighted by Crippen LogP contribution is 2.36. The molecule has 0 saturated heterocycles. The maximum Gasteiger partial charge on any atom is 0.338 e. The number of hydrogen-bond donors (Lipinski definition) is 0. The number of para-hydroxylation sites is 1. The minimum atomic E-state index is -0.758. The fraction of sp³-hybridized carbons (Fsp3) is 0.286. The van der Waals surface area contributed by atoms with Gasteiger partial charge in [0.05, 0.1) is 35.6 Å². The predicted octanol–water partition coefficient (Wildman–Crippen LogP) is 5.48. The van der Waals surface area contributed by atoms with Crippen LogP contribution in [0.1, 0.15) is 56.0 Å². The molecule has 1 atom stereocenters. The Bertz CT molecular complexity index is 1890. The number of allylic oxidation sites excluding steroid dienone is 1. The Morgan fingerprint density at radius 1 is 0.886 bits per heavy atom. The van der Waals surface area contributed by atoms with Crippen LogP contribution >= 0.6 is 11.3 Å². The molecule has 5 rings (SSSR count). The lowest BCUT2D eigenvalue weighted by atomic mass is 9.95. The lowest BCUT2D eigenvalue weighted by Crippen LogP contribution is -2.40. The molecule has 2 heterocycles. The summed E-state index contributed by atoms with van der Waals surface area (Å²) in [5.41, 5.74) is 4.24. The largest absolute Gasteiger partial charge is 0.494 e. The number of carbonyl (C=O) groups is 1. The molecule has 0 unspecified atom stereocenters. The van der Waals surface area contributed by atoms with Crippen LogP contribution in [-0.4, -0.2) is 30.4 Å². The van der Waals surface area contributed by atoms with Crippen LogP contribution in [0.4, 0.5) is 0 Å². The van der Waals surface area contributed by atoms with Crippen LogP contribution in [0, 0.1) is 6.92 Å². The van der Waals surface area contributed by atoms with Crippen molar-refractivity contribution in [3.63, 3.8) is 0 Å². The summed E-state index contributed by atoms with van der Waals surface area (Å²) in [5, 5.41) is 0. The van der Waals surface area contributed by atoms with E-state index in [1.165, 1.54) is 16.9 Å². The highest BCUT2D eigenvalue weighted by Gasteiger charge is 2.35. The van der Waals surface area contributed by atoms with Gasteiger partial charge in [-0.1, -0.05) is 65.4 Å². The maximum absolute atomic E-state index is 14.1. The van der Waals surface area contributed by atoms with E-state index in [9.17, 15) is 9.59 Å². The van der Waals surface area contributed by atoms with Crippen molar-refractivity contribution in [2.75, 3.05) is 19.8 Å². The topological polar surface area (TPSA) is 88.4 Å². The number of aryl methyl sites for hydroxylation is 1. The van der Waals surface area contributed by atoms with Gasteiger partial charge >= 0.3 is 5.97 Å². The van der Waals surface area contributed by atoms with E-state index in [4.69, 9.17) is 18.9 Å². The first kappa shape index (κ1) is 30.8. The van der Waals surface area contributed by atoms with E-state index >= 15 is 0 Å². The molecule has 0 bridgehead atoms. The van der Waals surface area contributed by atoms with E-state index in [-0.39, 0.29) is 12.2 Å². The van der Waals surface area contributed by atoms with Crippen molar-refractivity contribution in [1.82, 2.24) is 4.57 Å². The Kier molecular flexibility index (Phi) is 9.65. The molecular weight excluding hydrogens is 576 g/mol. The molecule has 1 aromatic heterocycles. The molecule has 0 saturated carbocycles. The number of ether oxygens (including phenoxy) is 4. The molecule has 0 radical (unpaired) electrons. The van der Waals surface area contributed by atoms with Crippen molar-refractivity contribution in [2.24, 2.45) is 4.99 Å². The fourth-order valence-corrected chi connectivity index (χ4v) is 6.24. The van der Waals surface area contributed by atoms with Gasteiger partial charge in [-0.05, 0) is 70.0 Å². The van der Waals surface area contributed by atoms with Gasteiger partial charge in [-0.2, -0.15) is 0 Å². The summed E-state index contributed by atoms with van der Waals surface area (Å²) in [5.74, 6) is 1.29. The van der Waals surface area contributed by atoms with Gasteiger partial charge in [0.15, 0.2) is 16.3 Å². The lowest BCUT2D eigenvalue weighted by molar-refractivity contribution is -0.139. The zero-order valence-electron chi connectivity index (χ0n) is 25.6. The first-order valence-electron chi connectivity index (χ1n) is 14.7. The monoisotopic (exact) mass is 612 g/mol. The normalized spacial score (nSPS) is 14.6. The van der Waals surface area contributed by atoms with Crippen molar-refractivity contribution in [3.05, 3.63) is 120 Å². The molecule has 0 aliphatic carbocycles. The Morgan fingerprint density at radius 3 is 2.41 bits per heavy atom. The number of hydrogen-bond acceptors (Lipinski definition) is 8. The number of aromatic nitrogens is 1. The van der Waals surface area contributed by atoms with Gasteiger partial charge in [-0.3, -0.25) is 9.36 Å². The van der Waals surface area contributed by atoms with Gasteiger partial charge in [-0.25, -0.2) is 9.79 Å². The van der Waals surface area contributed by atoms with Crippen molar-refractivity contribution in [2.45, 2.75) is 47.3 Å². The highest BCUT2D eigenvalue weighted by atomic mass is 32.1. The molecule has 0 fully saturated rings. The van der Waals surface area contributed by atoms with Crippen molar-refractivity contribution >= 4 is 23.4 Å². The number of esters is 1. The number of benzene rings is 3. The summed E-state index contributed by atoms with van der Waals surface area (Å²) in [6.07, 6.45) is 1.81. The van der Waals surface area contributed by atoms with E-state index in [2.05, 4.69) is 11.1 Å². The molecule has 3 aromatic carbocycles. The van der Waals surface area contributed by atoms with Crippen LogP contribution in [-0.2, 0) is 16.1 Å². The van der Waals surface area contributed by atoms with Gasteiger partial charge < -0.3 is 18.9 Å². The highest BCUT2D eigenvalue weighted by molar-refractivity contribution is 7.07. The van der Waals surface area contributed by atoms with Gasteiger partial charge in [0.25, 0.3) is 5.56 Å². The van der Waals surface area contributed by atoms with Crippen LogP contribution in [0.3, 0.4) is 0 Å². The van der Waals surface area contributed by atoms with Crippen LogP contribution < -0.4 is 29.1 Å².